The summed E-state index contributed by atoms with van der Waals surface area (Å²) < 4.78 is 27.7. The van der Waals surface area contributed by atoms with Crippen molar-refractivity contribution in [2.75, 3.05) is 18.9 Å². The second kappa shape index (κ2) is 10.4. The quantitative estimate of drug-likeness (QED) is 0.410. The van der Waals surface area contributed by atoms with E-state index in [1.165, 1.54) is 22.5 Å². The minimum absolute atomic E-state index is 0.111. The average molecular weight is 506 g/mol. The van der Waals surface area contributed by atoms with Gasteiger partial charge < -0.3 is 10.4 Å². The number of carbonyl (C=O) groups is 2. The molecule has 2 N–H and O–H groups in total. The first-order valence-corrected chi connectivity index (χ1v) is 13.0. The molecule has 1 unspecified atom stereocenters. The van der Waals surface area contributed by atoms with E-state index >= 15 is 0 Å². The summed E-state index contributed by atoms with van der Waals surface area (Å²) in [6.45, 7) is 2.40. The molecule has 36 heavy (non-hydrogen) atoms. The van der Waals surface area contributed by atoms with Gasteiger partial charge in [0.25, 0.3) is 0 Å². The summed E-state index contributed by atoms with van der Waals surface area (Å²) in [5.74, 6) is -2.21. The number of hydrogen-bond donors (Lipinski definition) is 2. The van der Waals surface area contributed by atoms with Gasteiger partial charge in [0.15, 0.2) is 0 Å². The molecular formula is C27H27N3O5S. The molecule has 0 saturated carbocycles. The van der Waals surface area contributed by atoms with Crippen LogP contribution >= 0.6 is 0 Å². The number of benzene rings is 3. The molecular weight excluding hydrogens is 478 g/mol. The van der Waals surface area contributed by atoms with Crippen molar-refractivity contribution in [2.45, 2.75) is 30.6 Å². The molecule has 3 aromatic carbocycles. The first-order chi connectivity index (χ1) is 17.2. The number of sulfonamides is 1. The van der Waals surface area contributed by atoms with Crippen molar-refractivity contribution >= 4 is 39.0 Å². The van der Waals surface area contributed by atoms with E-state index < -0.39 is 21.9 Å². The Morgan fingerprint density at radius 2 is 1.72 bits per heavy atom. The van der Waals surface area contributed by atoms with Crippen LogP contribution in [0.2, 0.25) is 0 Å². The Kier molecular flexibility index (Phi) is 7.32. The number of anilines is 1. The predicted octanol–water partition coefficient (Wildman–Crippen LogP) is 4.66. The normalized spacial score (nSPS) is 15.6. The zero-order valence-corrected chi connectivity index (χ0v) is 20.8. The topological polar surface area (TPSA) is 116 Å². The summed E-state index contributed by atoms with van der Waals surface area (Å²) in [6.07, 6.45) is 1.61. The number of carboxylic acid groups (broad SMARTS) is 1. The number of hydrogen-bond acceptors (Lipinski definition) is 5. The average Bonchev–Trinajstić information content (AvgIpc) is 3.21. The van der Waals surface area contributed by atoms with Crippen LogP contribution < -0.4 is 5.32 Å². The monoisotopic (exact) mass is 505 g/mol. The highest BCUT2D eigenvalue weighted by Gasteiger charge is 2.37. The number of carbonyl (C=O) groups excluding carboxylic acids is 1. The van der Waals surface area contributed by atoms with E-state index in [-0.39, 0.29) is 16.4 Å². The first-order valence-electron chi connectivity index (χ1n) is 11.6. The number of unbranched alkanes of at least 4 members (excludes halogenated alkanes) is 1. The fourth-order valence-electron chi connectivity index (χ4n) is 4.07. The molecule has 0 aromatic heterocycles. The van der Waals surface area contributed by atoms with E-state index in [0.29, 0.717) is 34.8 Å². The number of fused-ring (bicyclic) bond motifs is 1. The van der Waals surface area contributed by atoms with Crippen LogP contribution in [0.3, 0.4) is 0 Å². The zero-order valence-electron chi connectivity index (χ0n) is 20.0. The van der Waals surface area contributed by atoms with E-state index in [2.05, 4.69) is 5.32 Å². The van der Waals surface area contributed by atoms with Gasteiger partial charge in [-0.15, -0.1) is 0 Å². The number of rotatable bonds is 9. The Morgan fingerprint density at radius 3 is 2.36 bits per heavy atom. The second-order valence-electron chi connectivity index (χ2n) is 8.57. The van der Waals surface area contributed by atoms with Crippen molar-refractivity contribution in [2.24, 2.45) is 4.99 Å². The first kappa shape index (κ1) is 25.3. The fourth-order valence-corrected chi connectivity index (χ4v) is 5.32. The van der Waals surface area contributed by atoms with Gasteiger partial charge in [0, 0.05) is 19.3 Å². The molecule has 4 rings (SSSR count). The van der Waals surface area contributed by atoms with Crippen molar-refractivity contribution in [3.05, 3.63) is 89.5 Å². The van der Waals surface area contributed by atoms with E-state index in [1.807, 2.05) is 37.3 Å². The van der Waals surface area contributed by atoms with Crippen molar-refractivity contribution in [3.63, 3.8) is 0 Å². The summed E-state index contributed by atoms with van der Waals surface area (Å²) in [7, 11) is -2.18. The molecule has 1 heterocycles. The Morgan fingerprint density at radius 1 is 1.03 bits per heavy atom. The van der Waals surface area contributed by atoms with Crippen LogP contribution in [0.5, 0.6) is 0 Å². The molecule has 1 aliphatic rings. The van der Waals surface area contributed by atoms with Crippen LogP contribution in [-0.2, 0) is 14.8 Å². The lowest BCUT2D eigenvalue weighted by atomic mass is 9.90. The molecule has 0 aliphatic carbocycles. The molecule has 3 aromatic rings. The molecule has 0 saturated heterocycles. The van der Waals surface area contributed by atoms with Crippen LogP contribution in [0.25, 0.3) is 0 Å². The van der Waals surface area contributed by atoms with Gasteiger partial charge in [0.1, 0.15) is 5.92 Å². The van der Waals surface area contributed by atoms with E-state index in [1.54, 1.807) is 31.3 Å². The van der Waals surface area contributed by atoms with E-state index in [4.69, 9.17) is 4.99 Å². The number of nitrogens with zero attached hydrogens (tertiary/aromatic N) is 2. The second-order valence-corrected chi connectivity index (χ2v) is 10.6. The van der Waals surface area contributed by atoms with Gasteiger partial charge in [0.05, 0.1) is 21.9 Å². The SMILES string of the molecule is CCCCN(C)S(=O)(=O)c1ccc2c(c1)C(C(=Nc1ccc(C(=O)O)cc1)c1ccccc1)C(=O)N2. The lowest BCUT2D eigenvalue weighted by Gasteiger charge is -2.18. The van der Waals surface area contributed by atoms with Gasteiger partial charge in [0.2, 0.25) is 15.9 Å². The molecule has 8 nitrogen and oxygen atoms in total. The van der Waals surface area contributed by atoms with Crippen LogP contribution in [-0.4, -0.2) is 49.0 Å². The Bertz CT molecular complexity index is 1420. The molecule has 1 amide bonds. The van der Waals surface area contributed by atoms with E-state index in [0.717, 1.165) is 12.8 Å². The molecule has 1 aliphatic heterocycles. The highest BCUT2D eigenvalue weighted by Crippen LogP contribution is 2.38. The maximum atomic E-state index is 13.2. The molecule has 0 radical (unpaired) electrons. The molecule has 0 spiro atoms. The van der Waals surface area contributed by atoms with Gasteiger partial charge in [-0.1, -0.05) is 43.7 Å². The highest BCUT2D eigenvalue weighted by atomic mass is 32.2. The van der Waals surface area contributed by atoms with Gasteiger partial charge in [-0.2, -0.15) is 0 Å². The maximum Gasteiger partial charge on any atom is 0.335 e. The van der Waals surface area contributed by atoms with Gasteiger partial charge >= 0.3 is 5.97 Å². The van der Waals surface area contributed by atoms with Gasteiger partial charge in [-0.05, 0) is 60.0 Å². The van der Waals surface area contributed by atoms with Crippen LogP contribution in [0.1, 0.15) is 47.2 Å². The standard InChI is InChI=1S/C27H27N3O5S/c1-3-4-16-30(2)36(34,35)21-14-15-23-22(17-21)24(26(31)29-23)25(18-8-6-5-7-9-18)28-20-12-10-19(11-13-20)27(32)33/h5-15,17,24H,3-4,16H2,1-2H3,(H,29,31)(H,32,33). The van der Waals surface area contributed by atoms with Crippen LogP contribution in [0.15, 0.2) is 82.7 Å². The Hall–Kier alpha value is -3.82. The van der Waals surface area contributed by atoms with Crippen molar-refractivity contribution in [1.29, 1.82) is 0 Å². The summed E-state index contributed by atoms with van der Waals surface area (Å²) in [6, 6.07) is 19.9. The summed E-state index contributed by atoms with van der Waals surface area (Å²) in [5.41, 5.74) is 2.79. The molecule has 0 bridgehead atoms. The summed E-state index contributed by atoms with van der Waals surface area (Å²) >= 11 is 0. The fraction of sp³-hybridized carbons (Fsp3) is 0.222. The van der Waals surface area contributed by atoms with Gasteiger partial charge in [-0.25, -0.2) is 17.5 Å². The zero-order chi connectivity index (χ0) is 25.9. The number of aromatic carboxylic acids is 1. The third-order valence-corrected chi connectivity index (χ3v) is 7.95. The number of amides is 1. The van der Waals surface area contributed by atoms with Gasteiger partial charge in [-0.3, -0.25) is 9.79 Å². The van der Waals surface area contributed by atoms with Crippen molar-refractivity contribution in [1.82, 2.24) is 4.31 Å². The highest BCUT2D eigenvalue weighted by molar-refractivity contribution is 7.89. The third kappa shape index (κ3) is 5.07. The number of nitrogens with one attached hydrogen (secondary N) is 1. The summed E-state index contributed by atoms with van der Waals surface area (Å²) in [4.78, 5) is 29.3. The number of aliphatic imine (C=N–C) groups is 1. The van der Waals surface area contributed by atoms with E-state index in [9.17, 15) is 23.1 Å². The minimum atomic E-state index is -3.74. The molecule has 9 heteroatoms. The van der Waals surface area contributed by atoms with Crippen LogP contribution in [0.4, 0.5) is 11.4 Å². The predicted molar refractivity (Wildman–Crippen MR) is 139 cm³/mol. The van der Waals surface area contributed by atoms with Crippen molar-refractivity contribution < 1.29 is 23.1 Å². The number of carboxylic acids is 1. The van der Waals surface area contributed by atoms with Crippen molar-refractivity contribution in [3.8, 4) is 0 Å². The smallest absolute Gasteiger partial charge is 0.335 e. The molecule has 1 atom stereocenters. The third-order valence-electron chi connectivity index (χ3n) is 6.10. The Labute approximate surface area is 210 Å². The lowest BCUT2D eigenvalue weighted by Crippen LogP contribution is -2.28. The molecule has 186 valence electrons. The summed E-state index contributed by atoms with van der Waals surface area (Å²) in [5, 5.41) is 12.0. The minimum Gasteiger partial charge on any atom is -0.478 e. The van der Waals surface area contributed by atoms with Crippen LogP contribution in [0, 0.1) is 0 Å². The maximum absolute atomic E-state index is 13.2. The lowest BCUT2D eigenvalue weighted by molar-refractivity contribution is -0.115. The molecule has 0 fully saturated rings. The largest absolute Gasteiger partial charge is 0.478 e. The Balaban J connectivity index is 1.81.